The first-order valence-electron chi connectivity index (χ1n) is 9.97. The maximum atomic E-state index is 12.9. The zero-order valence-electron chi connectivity index (χ0n) is 17.6. The second-order valence-electron chi connectivity index (χ2n) is 7.08. The number of carbonyl (C=O) groups is 2. The summed E-state index contributed by atoms with van der Waals surface area (Å²) in [6.45, 7) is 4.25. The summed E-state index contributed by atoms with van der Waals surface area (Å²) in [4.78, 5) is 24.5. The molecule has 160 valence electrons. The average Bonchev–Trinajstić information content (AvgIpc) is 3.38. The highest BCUT2D eigenvalue weighted by molar-refractivity contribution is 6.16. The minimum Gasteiger partial charge on any atom is -0.481 e. The van der Waals surface area contributed by atoms with Gasteiger partial charge in [0.2, 0.25) is 0 Å². The van der Waals surface area contributed by atoms with Crippen molar-refractivity contribution in [2.24, 2.45) is 0 Å². The number of methoxy groups -OCH3 is 1. The van der Waals surface area contributed by atoms with Crippen LogP contribution in [0.1, 0.15) is 28.5 Å². The van der Waals surface area contributed by atoms with Gasteiger partial charge in [-0.25, -0.2) is 9.59 Å². The number of hydrogen-bond donors (Lipinski definition) is 0. The molecule has 7 nitrogen and oxygen atoms in total. The highest BCUT2D eigenvalue weighted by Gasteiger charge is 2.24. The Morgan fingerprint density at radius 2 is 1.87 bits per heavy atom. The van der Waals surface area contributed by atoms with Crippen LogP contribution in [0.3, 0.4) is 0 Å². The average molecular weight is 421 g/mol. The van der Waals surface area contributed by atoms with Crippen molar-refractivity contribution in [2.75, 3.05) is 20.3 Å². The number of benzene rings is 2. The molecule has 0 bridgehead atoms. The van der Waals surface area contributed by atoms with Crippen molar-refractivity contribution in [1.82, 2.24) is 4.57 Å². The molecule has 0 aliphatic heterocycles. The molecule has 0 N–H and O–H groups in total. The topological polar surface area (TPSA) is 79.9 Å². The first kappa shape index (κ1) is 20.5. The van der Waals surface area contributed by atoms with Gasteiger partial charge in [-0.1, -0.05) is 24.3 Å². The van der Waals surface area contributed by atoms with Gasteiger partial charge in [0.15, 0.2) is 6.61 Å². The molecule has 0 radical (unpaired) electrons. The summed E-state index contributed by atoms with van der Waals surface area (Å²) < 4.78 is 23.1. The Labute approximate surface area is 179 Å². The van der Waals surface area contributed by atoms with Crippen LogP contribution in [0, 0.1) is 6.92 Å². The zero-order valence-corrected chi connectivity index (χ0v) is 17.6. The van der Waals surface area contributed by atoms with E-state index in [4.69, 9.17) is 18.6 Å². The molecule has 2 aromatic heterocycles. The Morgan fingerprint density at radius 1 is 1.10 bits per heavy atom. The predicted molar refractivity (Wildman–Crippen MR) is 115 cm³/mol. The number of nitrogens with zero attached hydrogens (tertiary/aromatic N) is 1. The van der Waals surface area contributed by atoms with E-state index in [1.54, 1.807) is 25.5 Å². The van der Waals surface area contributed by atoms with E-state index in [0.29, 0.717) is 23.2 Å². The third kappa shape index (κ3) is 3.74. The lowest BCUT2D eigenvalue weighted by Crippen LogP contribution is -2.12. The number of esters is 2. The molecule has 0 unspecified atom stereocenters. The molecule has 0 saturated heterocycles. The first-order valence-corrected chi connectivity index (χ1v) is 9.97. The third-order valence-electron chi connectivity index (χ3n) is 5.26. The predicted octanol–water partition coefficient (Wildman–Crippen LogP) is 4.47. The van der Waals surface area contributed by atoms with Crippen LogP contribution in [0.2, 0.25) is 0 Å². The van der Waals surface area contributed by atoms with Crippen LogP contribution in [-0.2, 0) is 20.8 Å². The van der Waals surface area contributed by atoms with Gasteiger partial charge in [-0.3, -0.25) is 0 Å². The van der Waals surface area contributed by atoms with E-state index >= 15 is 0 Å². The normalized spacial score (nSPS) is 11.1. The SMILES string of the molecule is CCOC(=O)c1c(C)n(Cc2ccoc2)c2c1cc(OCC(=O)OC)c1ccccc12. The van der Waals surface area contributed by atoms with Gasteiger partial charge in [-0.15, -0.1) is 0 Å². The number of ether oxygens (including phenoxy) is 3. The van der Waals surface area contributed by atoms with E-state index in [0.717, 1.165) is 27.5 Å². The number of hydrogen-bond acceptors (Lipinski definition) is 6. The lowest BCUT2D eigenvalue weighted by molar-refractivity contribution is -0.142. The number of fused-ring (bicyclic) bond motifs is 3. The molecule has 7 heteroatoms. The number of rotatable bonds is 7. The van der Waals surface area contributed by atoms with Gasteiger partial charge in [0.1, 0.15) is 5.75 Å². The van der Waals surface area contributed by atoms with E-state index in [-0.39, 0.29) is 13.2 Å². The molecule has 2 aromatic carbocycles. The molecular formula is C24H23NO6. The minimum absolute atomic E-state index is 0.227. The summed E-state index contributed by atoms with van der Waals surface area (Å²) in [7, 11) is 1.31. The van der Waals surface area contributed by atoms with Crippen molar-refractivity contribution in [3.05, 3.63) is 65.7 Å². The number of carbonyl (C=O) groups excluding carboxylic acids is 2. The highest BCUT2D eigenvalue weighted by atomic mass is 16.6. The lowest BCUT2D eigenvalue weighted by Gasteiger charge is -2.12. The fourth-order valence-electron chi connectivity index (χ4n) is 3.84. The van der Waals surface area contributed by atoms with Crippen LogP contribution in [0.5, 0.6) is 5.75 Å². The molecule has 31 heavy (non-hydrogen) atoms. The largest absolute Gasteiger partial charge is 0.481 e. The van der Waals surface area contributed by atoms with E-state index in [2.05, 4.69) is 4.57 Å². The number of furan rings is 1. The van der Waals surface area contributed by atoms with Crippen LogP contribution < -0.4 is 4.74 Å². The molecule has 0 aliphatic carbocycles. The van der Waals surface area contributed by atoms with E-state index in [9.17, 15) is 9.59 Å². The highest BCUT2D eigenvalue weighted by Crippen LogP contribution is 2.38. The Kier molecular flexibility index (Phi) is 5.66. The molecule has 0 spiro atoms. The Balaban J connectivity index is 2.00. The van der Waals surface area contributed by atoms with Crippen molar-refractivity contribution in [2.45, 2.75) is 20.4 Å². The zero-order chi connectivity index (χ0) is 22.0. The molecule has 4 aromatic rings. The maximum absolute atomic E-state index is 12.9. The molecule has 0 saturated carbocycles. The number of aromatic nitrogens is 1. The molecular weight excluding hydrogens is 398 g/mol. The van der Waals surface area contributed by atoms with Crippen LogP contribution >= 0.6 is 0 Å². The van der Waals surface area contributed by atoms with E-state index < -0.39 is 11.9 Å². The van der Waals surface area contributed by atoms with Crippen LogP contribution in [0.25, 0.3) is 21.7 Å². The molecule has 0 aliphatic rings. The molecule has 0 amide bonds. The van der Waals surface area contributed by atoms with Gasteiger partial charge >= 0.3 is 11.9 Å². The van der Waals surface area contributed by atoms with Gasteiger partial charge in [0.25, 0.3) is 0 Å². The summed E-state index contributed by atoms with van der Waals surface area (Å²) in [5, 5.41) is 2.44. The maximum Gasteiger partial charge on any atom is 0.343 e. The minimum atomic E-state index is -0.483. The van der Waals surface area contributed by atoms with Crippen molar-refractivity contribution in [3.8, 4) is 5.75 Å². The van der Waals surface area contributed by atoms with Crippen LogP contribution in [0.4, 0.5) is 0 Å². The van der Waals surface area contributed by atoms with Gasteiger partial charge < -0.3 is 23.2 Å². The van der Waals surface area contributed by atoms with Gasteiger partial charge in [0.05, 0.1) is 43.9 Å². The van der Waals surface area contributed by atoms with Crippen molar-refractivity contribution in [1.29, 1.82) is 0 Å². The van der Waals surface area contributed by atoms with Gasteiger partial charge in [0, 0.05) is 27.4 Å². The van der Waals surface area contributed by atoms with E-state index in [1.807, 2.05) is 37.3 Å². The van der Waals surface area contributed by atoms with Crippen LogP contribution in [-0.4, -0.2) is 36.8 Å². The van der Waals surface area contributed by atoms with Crippen molar-refractivity contribution >= 4 is 33.6 Å². The molecule has 2 heterocycles. The Morgan fingerprint density at radius 3 is 2.55 bits per heavy atom. The van der Waals surface area contributed by atoms with Crippen molar-refractivity contribution < 1.29 is 28.2 Å². The fraction of sp³-hybridized carbons (Fsp3) is 0.250. The fourth-order valence-corrected chi connectivity index (χ4v) is 3.84. The van der Waals surface area contributed by atoms with Gasteiger partial charge in [-0.2, -0.15) is 0 Å². The summed E-state index contributed by atoms with van der Waals surface area (Å²) in [5.74, 6) is -0.381. The Hall–Kier alpha value is -3.74. The van der Waals surface area contributed by atoms with Crippen molar-refractivity contribution in [3.63, 3.8) is 0 Å². The summed E-state index contributed by atoms with van der Waals surface area (Å²) >= 11 is 0. The Bertz CT molecular complexity index is 1250. The third-order valence-corrected chi connectivity index (χ3v) is 5.26. The second-order valence-corrected chi connectivity index (χ2v) is 7.08. The smallest absolute Gasteiger partial charge is 0.343 e. The second kappa shape index (κ2) is 8.55. The van der Waals surface area contributed by atoms with Crippen LogP contribution in [0.15, 0.2) is 53.3 Å². The monoisotopic (exact) mass is 421 g/mol. The molecule has 0 atom stereocenters. The summed E-state index contributed by atoms with van der Waals surface area (Å²) in [6, 6.07) is 11.4. The standard InChI is InChI=1S/C24H23NO6/c1-4-30-24(27)22-15(2)25(12-16-9-10-29-13-16)23-18-8-6-5-7-17(18)20(11-19(22)23)31-14-21(26)28-3/h5-11,13H,4,12,14H2,1-3H3. The first-order chi connectivity index (χ1) is 15.0. The lowest BCUT2D eigenvalue weighted by atomic mass is 10.0. The summed E-state index contributed by atoms with van der Waals surface area (Å²) in [5.41, 5.74) is 3.13. The summed E-state index contributed by atoms with van der Waals surface area (Å²) in [6.07, 6.45) is 3.31. The molecule has 4 rings (SSSR count). The van der Waals surface area contributed by atoms with E-state index in [1.165, 1.54) is 7.11 Å². The quantitative estimate of drug-likeness (QED) is 0.410. The van der Waals surface area contributed by atoms with Gasteiger partial charge in [-0.05, 0) is 26.0 Å². The molecule has 0 fully saturated rings.